The van der Waals surface area contributed by atoms with E-state index in [-0.39, 0.29) is 12.2 Å². The van der Waals surface area contributed by atoms with Crippen molar-refractivity contribution in [1.82, 2.24) is 10.1 Å². The molecule has 0 aliphatic heterocycles. The number of rotatable bonds is 9. The average Bonchev–Trinajstić information content (AvgIpc) is 3.27. The molecule has 0 bridgehead atoms. The second-order valence-electron chi connectivity index (χ2n) is 5.75. The smallest absolute Gasteiger partial charge is 0.293 e. The molecule has 0 atom stereocenters. The third kappa shape index (κ3) is 4.65. The Kier molecular flexibility index (Phi) is 5.56. The minimum Gasteiger partial charge on any atom is -0.459 e. The molecule has 0 aliphatic rings. The van der Waals surface area contributed by atoms with E-state index < -0.39 is 0 Å². The molecule has 0 spiro atoms. The van der Waals surface area contributed by atoms with Gasteiger partial charge in [-0.05, 0) is 37.0 Å². The Bertz CT molecular complexity index is 748. The van der Waals surface area contributed by atoms with Crippen LogP contribution in [0.5, 0.6) is 0 Å². The zero-order valence-electron chi connectivity index (χ0n) is 13.5. The van der Waals surface area contributed by atoms with E-state index in [0.29, 0.717) is 23.9 Å². The van der Waals surface area contributed by atoms with E-state index in [0.717, 1.165) is 25.7 Å². The van der Waals surface area contributed by atoms with Crippen molar-refractivity contribution in [2.24, 2.45) is 0 Å². The number of hydrogen-bond donors (Lipinski definition) is 0. The van der Waals surface area contributed by atoms with E-state index >= 15 is 0 Å². The number of benzene rings is 1. The van der Waals surface area contributed by atoms with E-state index in [1.807, 2.05) is 6.07 Å². The number of aromatic nitrogens is 2. The Morgan fingerprint density at radius 2 is 1.88 bits per heavy atom. The van der Waals surface area contributed by atoms with Gasteiger partial charge in [-0.2, -0.15) is 4.98 Å². The van der Waals surface area contributed by atoms with Gasteiger partial charge in [0.15, 0.2) is 11.6 Å². The number of ketones is 1. The van der Waals surface area contributed by atoms with Gasteiger partial charge in [-0.15, -0.1) is 0 Å². The van der Waals surface area contributed by atoms with Gasteiger partial charge in [0.2, 0.25) is 0 Å². The van der Waals surface area contributed by atoms with Crippen LogP contribution in [-0.4, -0.2) is 15.9 Å². The third-order valence-electron chi connectivity index (χ3n) is 3.82. The molecule has 124 valence electrons. The molecule has 0 saturated carbocycles. The predicted molar refractivity (Wildman–Crippen MR) is 89.3 cm³/mol. The normalized spacial score (nSPS) is 10.8. The van der Waals surface area contributed by atoms with Crippen molar-refractivity contribution in [3.8, 4) is 11.7 Å². The Labute approximate surface area is 140 Å². The summed E-state index contributed by atoms with van der Waals surface area (Å²) in [7, 11) is 0. The van der Waals surface area contributed by atoms with Gasteiger partial charge in [-0.25, -0.2) is 0 Å². The van der Waals surface area contributed by atoms with Crippen LogP contribution in [0.4, 0.5) is 0 Å². The molecular formula is C19H20N2O3. The van der Waals surface area contributed by atoms with Crippen LogP contribution in [0, 0.1) is 0 Å². The summed E-state index contributed by atoms with van der Waals surface area (Å²) in [6.07, 6.45) is 6.41. The average molecular weight is 324 g/mol. The second-order valence-corrected chi connectivity index (χ2v) is 5.75. The number of unbranched alkanes of at least 4 members (excludes halogenated alkanes) is 2. The molecular weight excluding hydrogens is 304 g/mol. The number of Topliss-reactive ketones (excluding diaryl/α,β-unsaturated/α-hetero) is 1. The molecule has 3 rings (SSSR count). The van der Waals surface area contributed by atoms with Crippen LogP contribution in [0.15, 0.2) is 57.7 Å². The quantitative estimate of drug-likeness (QED) is 0.550. The van der Waals surface area contributed by atoms with Gasteiger partial charge in [-0.3, -0.25) is 4.79 Å². The maximum absolute atomic E-state index is 12.0. The van der Waals surface area contributed by atoms with Crippen LogP contribution in [-0.2, 0) is 17.6 Å². The van der Waals surface area contributed by atoms with E-state index in [1.165, 1.54) is 5.56 Å². The number of carbonyl (C=O) groups excluding carboxylic acids is 1. The molecule has 5 nitrogen and oxygen atoms in total. The Balaban J connectivity index is 1.35. The van der Waals surface area contributed by atoms with Crippen molar-refractivity contribution < 1.29 is 13.7 Å². The minimum atomic E-state index is 0.140. The summed E-state index contributed by atoms with van der Waals surface area (Å²) in [5.74, 6) is 1.38. The van der Waals surface area contributed by atoms with Crippen molar-refractivity contribution >= 4 is 5.78 Å². The first-order valence-electron chi connectivity index (χ1n) is 8.23. The number of hydrogen-bond acceptors (Lipinski definition) is 5. The lowest BCUT2D eigenvalue weighted by atomic mass is 10.0. The fourth-order valence-corrected chi connectivity index (χ4v) is 2.56. The fourth-order valence-electron chi connectivity index (χ4n) is 2.56. The van der Waals surface area contributed by atoms with E-state index in [2.05, 4.69) is 34.4 Å². The molecule has 0 unspecified atom stereocenters. The van der Waals surface area contributed by atoms with Crippen molar-refractivity contribution in [2.45, 2.75) is 38.5 Å². The standard InChI is InChI=1S/C19H20N2O3/c22-16(11-6-2-5-10-15-8-3-1-4-9-15)14-18-20-19(24-21-18)17-12-7-13-23-17/h1,3-4,7-9,12-13H,2,5-6,10-11,14H2. The molecule has 0 radical (unpaired) electrons. The topological polar surface area (TPSA) is 69.1 Å². The Hall–Kier alpha value is -2.69. The fraction of sp³-hybridized carbons (Fsp3) is 0.316. The zero-order chi connectivity index (χ0) is 16.6. The highest BCUT2D eigenvalue weighted by Gasteiger charge is 2.13. The van der Waals surface area contributed by atoms with E-state index in [9.17, 15) is 4.79 Å². The second kappa shape index (κ2) is 8.24. The molecule has 0 amide bonds. The largest absolute Gasteiger partial charge is 0.459 e. The first kappa shape index (κ1) is 16.2. The summed E-state index contributed by atoms with van der Waals surface area (Å²) < 4.78 is 10.3. The molecule has 3 aromatic rings. The van der Waals surface area contributed by atoms with Crippen LogP contribution in [0.1, 0.15) is 37.1 Å². The lowest BCUT2D eigenvalue weighted by Crippen LogP contribution is -2.04. The summed E-state index contributed by atoms with van der Waals surface area (Å²) in [5.41, 5.74) is 1.35. The molecule has 0 saturated heterocycles. The summed E-state index contributed by atoms with van der Waals surface area (Å²) in [4.78, 5) is 16.2. The van der Waals surface area contributed by atoms with Crippen molar-refractivity contribution in [1.29, 1.82) is 0 Å². The molecule has 0 aliphatic carbocycles. The lowest BCUT2D eigenvalue weighted by Gasteiger charge is -2.01. The lowest BCUT2D eigenvalue weighted by molar-refractivity contribution is -0.118. The SMILES string of the molecule is O=C(CCCCCc1ccccc1)Cc1noc(-c2ccco2)n1. The number of furan rings is 1. The number of nitrogens with zero attached hydrogens (tertiary/aromatic N) is 2. The van der Waals surface area contributed by atoms with E-state index in [1.54, 1.807) is 18.4 Å². The van der Waals surface area contributed by atoms with Crippen LogP contribution in [0.3, 0.4) is 0 Å². The van der Waals surface area contributed by atoms with Gasteiger partial charge >= 0.3 is 0 Å². The Morgan fingerprint density at radius 1 is 1.00 bits per heavy atom. The van der Waals surface area contributed by atoms with Gasteiger partial charge in [-0.1, -0.05) is 41.9 Å². The van der Waals surface area contributed by atoms with Crippen molar-refractivity contribution in [3.63, 3.8) is 0 Å². The summed E-state index contributed by atoms with van der Waals surface area (Å²) in [6, 6.07) is 13.9. The highest BCUT2D eigenvalue weighted by atomic mass is 16.5. The van der Waals surface area contributed by atoms with Gasteiger partial charge in [0.25, 0.3) is 5.89 Å². The zero-order valence-corrected chi connectivity index (χ0v) is 13.5. The summed E-state index contributed by atoms with van der Waals surface area (Å²) in [5, 5.41) is 3.83. The molecule has 0 fully saturated rings. The van der Waals surface area contributed by atoms with Gasteiger partial charge < -0.3 is 8.94 Å². The first-order chi connectivity index (χ1) is 11.8. The Morgan fingerprint density at radius 3 is 2.67 bits per heavy atom. The highest BCUT2D eigenvalue weighted by molar-refractivity contribution is 5.80. The number of aryl methyl sites for hydroxylation is 1. The third-order valence-corrected chi connectivity index (χ3v) is 3.82. The van der Waals surface area contributed by atoms with Gasteiger partial charge in [0.1, 0.15) is 5.78 Å². The molecule has 2 heterocycles. The first-order valence-corrected chi connectivity index (χ1v) is 8.23. The van der Waals surface area contributed by atoms with Gasteiger partial charge in [0.05, 0.1) is 12.7 Å². The van der Waals surface area contributed by atoms with Crippen LogP contribution < -0.4 is 0 Å². The molecule has 1 aromatic carbocycles. The van der Waals surface area contributed by atoms with Gasteiger partial charge in [0, 0.05) is 6.42 Å². The molecule has 2 aromatic heterocycles. The summed E-state index contributed by atoms with van der Waals surface area (Å²) >= 11 is 0. The van der Waals surface area contributed by atoms with E-state index in [4.69, 9.17) is 8.94 Å². The molecule has 5 heteroatoms. The van der Waals surface area contributed by atoms with Crippen molar-refractivity contribution in [2.75, 3.05) is 0 Å². The minimum absolute atomic E-state index is 0.140. The predicted octanol–water partition coefficient (Wildman–Crippen LogP) is 4.24. The van der Waals surface area contributed by atoms with Crippen LogP contribution in [0.25, 0.3) is 11.7 Å². The van der Waals surface area contributed by atoms with Crippen LogP contribution in [0.2, 0.25) is 0 Å². The molecule has 24 heavy (non-hydrogen) atoms. The van der Waals surface area contributed by atoms with Crippen molar-refractivity contribution in [3.05, 3.63) is 60.1 Å². The maximum atomic E-state index is 12.0. The number of carbonyl (C=O) groups is 1. The van der Waals surface area contributed by atoms with Crippen LogP contribution >= 0.6 is 0 Å². The molecule has 0 N–H and O–H groups in total. The highest BCUT2D eigenvalue weighted by Crippen LogP contribution is 2.17. The summed E-state index contributed by atoms with van der Waals surface area (Å²) in [6.45, 7) is 0. The maximum Gasteiger partial charge on any atom is 0.293 e. The monoisotopic (exact) mass is 324 g/mol.